The van der Waals surface area contributed by atoms with Gasteiger partial charge in [-0.1, -0.05) is 0 Å². The highest BCUT2D eigenvalue weighted by molar-refractivity contribution is 5.00. The number of aryl methyl sites for hydroxylation is 1. The van der Waals surface area contributed by atoms with Gasteiger partial charge in [-0.3, -0.25) is 9.58 Å². The minimum absolute atomic E-state index is 0.502. The van der Waals surface area contributed by atoms with E-state index in [2.05, 4.69) is 28.0 Å². The van der Waals surface area contributed by atoms with Crippen molar-refractivity contribution < 1.29 is 0 Å². The second kappa shape index (κ2) is 5.62. The number of rotatable bonds is 4. The second-order valence-electron chi connectivity index (χ2n) is 4.88. The maximum Gasteiger partial charge on any atom is 0.0492 e. The molecule has 1 aromatic rings. The van der Waals surface area contributed by atoms with E-state index < -0.39 is 0 Å². The van der Waals surface area contributed by atoms with E-state index in [9.17, 15) is 0 Å². The fourth-order valence-corrected chi connectivity index (χ4v) is 2.47. The van der Waals surface area contributed by atoms with Crippen LogP contribution in [0.25, 0.3) is 0 Å². The first-order valence-electron chi connectivity index (χ1n) is 6.30. The monoisotopic (exact) mass is 237 g/mol. The van der Waals surface area contributed by atoms with E-state index in [4.69, 9.17) is 5.73 Å². The van der Waals surface area contributed by atoms with Crippen LogP contribution >= 0.6 is 0 Å². The van der Waals surface area contributed by atoms with Gasteiger partial charge in [0.15, 0.2) is 0 Å². The lowest BCUT2D eigenvalue weighted by atomic mass is 10.1. The number of piperazine rings is 1. The zero-order chi connectivity index (χ0) is 12.3. The summed E-state index contributed by atoms with van der Waals surface area (Å²) in [6, 6.07) is 2.59. The van der Waals surface area contributed by atoms with Crippen LogP contribution in [0, 0.1) is 0 Å². The number of hydrogen-bond donors (Lipinski definition) is 1. The fourth-order valence-electron chi connectivity index (χ4n) is 2.47. The quantitative estimate of drug-likeness (QED) is 0.770. The normalized spacial score (nSPS) is 23.1. The van der Waals surface area contributed by atoms with Crippen LogP contribution in [0.15, 0.2) is 12.3 Å². The van der Waals surface area contributed by atoms with E-state index >= 15 is 0 Å². The molecule has 0 saturated carbocycles. The Kier molecular flexibility index (Phi) is 4.15. The molecule has 2 rings (SSSR count). The number of nitrogens with zero attached hydrogens (tertiary/aromatic N) is 4. The molecule has 1 aliphatic rings. The van der Waals surface area contributed by atoms with Crippen LogP contribution in [-0.2, 0) is 13.5 Å². The molecule has 0 radical (unpaired) electrons. The Bertz CT molecular complexity index is 348. The zero-order valence-corrected chi connectivity index (χ0v) is 10.8. The van der Waals surface area contributed by atoms with E-state index in [1.807, 2.05) is 17.9 Å². The first-order chi connectivity index (χ1) is 8.20. The fraction of sp³-hybridized carbons (Fsp3) is 0.750. The highest BCUT2D eigenvalue weighted by Gasteiger charge is 2.23. The van der Waals surface area contributed by atoms with Crippen LogP contribution in [0.4, 0.5) is 0 Å². The molecule has 1 unspecified atom stereocenters. The summed E-state index contributed by atoms with van der Waals surface area (Å²) in [4.78, 5) is 4.87. The molecule has 1 fully saturated rings. The van der Waals surface area contributed by atoms with Gasteiger partial charge in [-0.2, -0.15) is 5.10 Å². The average Bonchev–Trinajstić information content (AvgIpc) is 2.73. The molecule has 0 bridgehead atoms. The van der Waals surface area contributed by atoms with Gasteiger partial charge in [0.1, 0.15) is 0 Å². The third kappa shape index (κ3) is 3.06. The molecule has 1 aliphatic heterocycles. The summed E-state index contributed by atoms with van der Waals surface area (Å²) in [5, 5.41) is 4.20. The number of nitrogens with two attached hydrogens (primary N) is 1. The first-order valence-corrected chi connectivity index (χ1v) is 6.30. The summed E-state index contributed by atoms with van der Waals surface area (Å²) >= 11 is 0. The van der Waals surface area contributed by atoms with Gasteiger partial charge in [0.2, 0.25) is 0 Å². The van der Waals surface area contributed by atoms with Crippen molar-refractivity contribution in [3.05, 3.63) is 18.0 Å². The highest BCUT2D eigenvalue weighted by atomic mass is 15.3. The van der Waals surface area contributed by atoms with E-state index in [-0.39, 0.29) is 0 Å². The lowest BCUT2D eigenvalue weighted by Crippen LogP contribution is -2.55. The van der Waals surface area contributed by atoms with Crippen molar-refractivity contribution in [2.24, 2.45) is 12.8 Å². The Balaban J connectivity index is 1.87. The lowest BCUT2D eigenvalue weighted by molar-refractivity contribution is 0.0951. The molecular formula is C12H23N5. The van der Waals surface area contributed by atoms with Gasteiger partial charge >= 0.3 is 0 Å². The Hall–Kier alpha value is -0.910. The second-order valence-corrected chi connectivity index (χ2v) is 4.88. The van der Waals surface area contributed by atoms with Crippen molar-refractivity contribution >= 4 is 0 Å². The van der Waals surface area contributed by atoms with Crippen LogP contribution < -0.4 is 5.73 Å². The van der Waals surface area contributed by atoms with Crippen molar-refractivity contribution in [1.29, 1.82) is 0 Å². The van der Waals surface area contributed by atoms with Crippen molar-refractivity contribution in [2.75, 3.05) is 39.8 Å². The summed E-state index contributed by atoms with van der Waals surface area (Å²) in [5.74, 6) is 0. The molecule has 1 atom stereocenters. The van der Waals surface area contributed by atoms with Gasteiger partial charge < -0.3 is 10.6 Å². The van der Waals surface area contributed by atoms with Gasteiger partial charge in [0, 0.05) is 64.1 Å². The van der Waals surface area contributed by atoms with Gasteiger partial charge in [-0.25, -0.2) is 0 Å². The molecule has 0 spiro atoms. The standard InChI is InChI=1S/C12H23N5/c1-15-7-8-17(12(9-13)10-15)6-4-11-3-5-14-16(11)2/h3,5,12H,4,6-10,13H2,1-2H3. The molecule has 0 aromatic carbocycles. The molecular weight excluding hydrogens is 214 g/mol. The first kappa shape index (κ1) is 12.5. The zero-order valence-electron chi connectivity index (χ0n) is 10.8. The predicted molar refractivity (Wildman–Crippen MR) is 68.8 cm³/mol. The maximum absolute atomic E-state index is 5.85. The third-order valence-corrected chi connectivity index (χ3v) is 3.66. The van der Waals surface area contributed by atoms with Crippen LogP contribution in [0.3, 0.4) is 0 Å². The van der Waals surface area contributed by atoms with Crippen LogP contribution in [0.2, 0.25) is 0 Å². The molecule has 96 valence electrons. The molecule has 5 heteroatoms. The molecule has 5 nitrogen and oxygen atoms in total. The molecule has 0 aliphatic carbocycles. The molecule has 2 N–H and O–H groups in total. The van der Waals surface area contributed by atoms with E-state index in [0.717, 1.165) is 39.1 Å². The minimum atomic E-state index is 0.502. The average molecular weight is 237 g/mol. The third-order valence-electron chi connectivity index (χ3n) is 3.66. The van der Waals surface area contributed by atoms with Gasteiger partial charge in [-0.05, 0) is 13.1 Å². The summed E-state index contributed by atoms with van der Waals surface area (Å²) in [7, 11) is 4.17. The van der Waals surface area contributed by atoms with E-state index in [0.29, 0.717) is 6.04 Å². The molecule has 1 saturated heterocycles. The topological polar surface area (TPSA) is 50.3 Å². The number of hydrogen-bond acceptors (Lipinski definition) is 4. The van der Waals surface area contributed by atoms with E-state index in [1.54, 1.807) is 0 Å². The van der Waals surface area contributed by atoms with Crippen molar-refractivity contribution in [2.45, 2.75) is 12.5 Å². The van der Waals surface area contributed by atoms with Gasteiger partial charge in [0.25, 0.3) is 0 Å². The Labute approximate surface area is 103 Å². The SMILES string of the molecule is CN1CCN(CCc2ccnn2C)C(CN)C1. The Morgan fingerprint density at radius 1 is 1.41 bits per heavy atom. The van der Waals surface area contributed by atoms with Crippen molar-refractivity contribution in [1.82, 2.24) is 19.6 Å². The summed E-state index contributed by atoms with van der Waals surface area (Å²) in [6.45, 7) is 5.17. The van der Waals surface area contributed by atoms with E-state index in [1.165, 1.54) is 5.69 Å². The Morgan fingerprint density at radius 3 is 2.88 bits per heavy atom. The molecule has 2 heterocycles. The molecule has 17 heavy (non-hydrogen) atoms. The Morgan fingerprint density at radius 2 is 2.24 bits per heavy atom. The van der Waals surface area contributed by atoms with Crippen LogP contribution in [0.1, 0.15) is 5.69 Å². The predicted octanol–water partition coefficient (Wildman–Crippen LogP) is -0.463. The minimum Gasteiger partial charge on any atom is -0.329 e. The summed E-state index contributed by atoms with van der Waals surface area (Å²) in [6.07, 6.45) is 2.91. The number of likely N-dealkylation sites (N-methyl/N-ethyl adjacent to an activating group) is 1. The van der Waals surface area contributed by atoms with Crippen LogP contribution in [0.5, 0.6) is 0 Å². The van der Waals surface area contributed by atoms with Gasteiger partial charge in [-0.15, -0.1) is 0 Å². The number of aromatic nitrogens is 2. The van der Waals surface area contributed by atoms with Gasteiger partial charge in [0.05, 0.1) is 0 Å². The smallest absolute Gasteiger partial charge is 0.0492 e. The largest absolute Gasteiger partial charge is 0.329 e. The lowest BCUT2D eigenvalue weighted by Gasteiger charge is -2.39. The molecule has 0 amide bonds. The summed E-state index contributed by atoms with van der Waals surface area (Å²) in [5.41, 5.74) is 7.14. The summed E-state index contributed by atoms with van der Waals surface area (Å²) < 4.78 is 1.95. The maximum atomic E-state index is 5.85. The molecule has 1 aromatic heterocycles. The van der Waals surface area contributed by atoms with Crippen LogP contribution in [-0.4, -0.2) is 65.4 Å². The van der Waals surface area contributed by atoms with Crippen molar-refractivity contribution in [3.8, 4) is 0 Å². The van der Waals surface area contributed by atoms with Crippen molar-refractivity contribution in [3.63, 3.8) is 0 Å². The highest BCUT2D eigenvalue weighted by Crippen LogP contribution is 2.09.